The summed E-state index contributed by atoms with van der Waals surface area (Å²) in [6.45, 7) is 2.56. The third-order valence-corrected chi connectivity index (χ3v) is 7.53. The molecule has 2 aromatic heterocycles. The van der Waals surface area contributed by atoms with Crippen LogP contribution in [0.2, 0.25) is 0 Å². The Labute approximate surface area is 202 Å². The number of hydrogen-bond acceptors (Lipinski definition) is 5. The summed E-state index contributed by atoms with van der Waals surface area (Å²) in [5.41, 5.74) is 14.9. The number of anilines is 1. The molecule has 2 aliphatic rings. The highest BCUT2D eigenvalue weighted by atomic mass is 16.1. The van der Waals surface area contributed by atoms with Gasteiger partial charge in [0.15, 0.2) is 0 Å². The monoisotopic (exact) mass is 466 g/mol. The van der Waals surface area contributed by atoms with Crippen molar-refractivity contribution in [2.75, 3.05) is 11.9 Å². The van der Waals surface area contributed by atoms with Crippen molar-refractivity contribution in [1.29, 1.82) is 0 Å². The van der Waals surface area contributed by atoms with Crippen LogP contribution in [0.3, 0.4) is 0 Å². The molecule has 4 aromatic rings. The van der Waals surface area contributed by atoms with Gasteiger partial charge in [0.25, 0.3) is 5.91 Å². The summed E-state index contributed by atoms with van der Waals surface area (Å²) in [6, 6.07) is 19.9. The van der Waals surface area contributed by atoms with Crippen LogP contribution in [0.15, 0.2) is 60.7 Å². The lowest BCUT2D eigenvalue weighted by Gasteiger charge is -2.55. The predicted molar refractivity (Wildman–Crippen MR) is 135 cm³/mol. The number of amides is 2. The van der Waals surface area contributed by atoms with Crippen molar-refractivity contribution in [2.24, 2.45) is 16.9 Å². The van der Waals surface area contributed by atoms with E-state index in [1.54, 1.807) is 0 Å². The maximum atomic E-state index is 12.6. The van der Waals surface area contributed by atoms with Gasteiger partial charge in [0, 0.05) is 23.1 Å². The Hall–Kier alpha value is -4.20. The number of carbonyl (C=O) groups is 2. The molecule has 2 amide bonds. The van der Waals surface area contributed by atoms with Crippen LogP contribution in [0, 0.1) is 5.41 Å². The largest absolute Gasteiger partial charge is 0.369 e. The summed E-state index contributed by atoms with van der Waals surface area (Å²) in [5.74, 6) is -0.245. The third-order valence-electron chi connectivity index (χ3n) is 7.53. The average Bonchev–Trinajstić information content (AvgIpc) is 3.24. The molecule has 1 aliphatic carbocycles. The maximum absolute atomic E-state index is 12.6. The summed E-state index contributed by atoms with van der Waals surface area (Å²) in [5, 5.41) is 9.21. The fraction of sp³-hybridized carbons (Fsp3) is 0.259. The molecule has 0 unspecified atom stereocenters. The van der Waals surface area contributed by atoms with E-state index in [-0.39, 0.29) is 11.4 Å². The van der Waals surface area contributed by atoms with Crippen molar-refractivity contribution < 1.29 is 9.59 Å². The van der Waals surface area contributed by atoms with Gasteiger partial charge in [0.05, 0.1) is 22.2 Å². The normalized spacial score (nSPS) is 22.9. The Bertz CT molecular complexity index is 1500. The van der Waals surface area contributed by atoms with Gasteiger partial charge in [-0.2, -0.15) is 5.10 Å². The molecule has 2 aromatic carbocycles. The molecule has 8 nitrogen and oxygen atoms in total. The molecule has 1 fully saturated rings. The van der Waals surface area contributed by atoms with E-state index in [0.29, 0.717) is 36.5 Å². The maximum Gasteiger partial charge on any atom is 0.254 e. The molecule has 3 heterocycles. The van der Waals surface area contributed by atoms with Gasteiger partial charge in [-0.25, -0.2) is 9.67 Å². The zero-order valence-electron chi connectivity index (χ0n) is 19.4. The van der Waals surface area contributed by atoms with E-state index in [2.05, 4.69) is 5.32 Å². The molecule has 1 spiro atoms. The van der Waals surface area contributed by atoms with E-state index >= 15 is 0 Å². The Balaban J connectivity index is 1.47. The second kappa shape index (κ2) is 7.40. The second-order valence-corrected chi connectivity index (χ2v) is 10.00. The van der Waals surface area contributed by atoms with Gasteiger partial charge in [-0.1, -0.05) is 55.5 Å². The molecule has 5 N–H and O–H groups in total. The zero-order chi connectivity index (χ0) is 24.4. The van der Waals surface area contributed by atoms with Crippen LogP contribution in [-0.4, -0.2) is 33.1 Å². The molecule has 1 aliphatic heterocycles. The highest BCUT2D eigenvalue weighted by molar-refractivity contribution is 6.04. The van der Waals surface area contributed by atoms with Crippen LogP contribution < -0.4 is 16.8 Å². The molecule has 0 saturated heterocycles. The van der Waals surface area contributed by atoms with Crippen molar-refractivity contribution in [3.05, 3.63) is 66.2 Å². The van der Waals surface area contributed by atoms with Crippen molar-refractivity contribution in [3.8, 4) is 22.5 Å². The summed E-state index contributed by atoms with van der Waals surface area (Å²) in [7, 11) is 0. The molecule has 0 bridgehead atoms. The van der Waals surface area contributed by atoms with Gasteiger partial charge in [-0.05, 0) is 31.4 Å². The van der Waals surface area contributed by atoms with Crippen molar-refractivity contribution in [2.45, 2.75) is 31.7 Å². The zero-order valence-corrected chi connectivity index (χ0v) is 19.4. The molecule has 6 rings (SSSR count). The van der Waals surface area contributed by atoms with E-state index < -0.39 is 11.3 Å². The molecular formula is C27H26N6O2. The van der Waals surface area contributed by atoms with E-state index in [9.17, 15) is 9.59 Å². The number of nitrogens with one attached hydrogen (secondary N) is 1. The minimum Gasteiger partial charge on any atom is -0.369 e. The van der Waals surface area contributed by atoms with Crippen molar-refractivity contribution >= 4 is 28.5 Å². The standard InChI is InChI=1S/C27H26N6O2/c1-26(25(29)35)14-27(15-26)11-12-30-24-21(23(28)34)22(32-33(24)27)18-8-7-17-9-10-19(31-20(17)13-18)16-5-3-2-4-6-16/h2-10,13,30H,11-12,14-15H2,1H3,(H2,28,34)(H2,29,35). The molecular weight excluding hydrogens is 440 g/mol. The quantitative estimate of drug-likeness (QED) is 0.423. The summed E-state index contributed by atoms with van der Waals surface area (Å²) in [6.07, 6.45) is 1.97. The summed E-state index contributed by atoms with van der Waals surface area (Å²) < 4.78 is 1.87. The van der Waals surface area contributed by atoms with Gasteiger partial charge in [0.2, 0.25) is 5.91 Å². The van der Waals surface area contributed by atoms with Crippen LogP contribution in [0.25, 0.3) is 33.4 Å². The molecule has 1 saturated carbocycles. The van der Waals surface area contributed by atoms with Crippen molar-refractivity contribution in [3.63, 3.8) is 0 Å². The lowest BCUT2D eigenvalue weighted by molar-refractivity contribution is -0.141. The van der Waals surface area contributed by atoms with Crippen LogP contribution in [0.4, 0.5) is 5.82 Å². The van der Waals surface area contributed by atoms with Gasteiger partial charge in [-0.3, -0.25) is 9.59 Å². The first kappa shape index (κ1) is 21.3. The SMILES string of the molecule is CC1(C(N)=O)CC2(CCNc3c(C(N)=O)c(-c4ccc5ccc(-c6ccccc6)nc5c4)nn32)C1. The van der Waals surface area contributed by atoms with E-state index in [0.717, 1.165) is 34.1 Å². The van der Waals surface area contributed by atoms with Gasteiger partial charge in [0.1, 0.15) is 17.1 Å². The highest BCUT2D eigenvalue weighted by Crippen LogP contribution is 2.57. The minimum atomic E-state index is -0.575. The van der Waals surface area contributed by atoms with Crippen LogP contribution in [0.5, 0.6) is 0 Å². The molecule has 0 atom stereocenters. The summed E-state index contributed by atoms with van der Waals surface area (Å²) in [4.78, 5) is 29.5. The third kappa shape index (κ3) is 3.20. The lowest BCUT2D eigenvalue weighted by Crippen LogP contribution is -2.59. The highest BCUT2D eigenvalue weighted by Gasteiger charge is 2.58. The minimum absolute atomic E-state index is 0.305. The number of nitrogens with zero attached hydrogens (tertiary/aromatic N) is 3. The smallest absolute Gasteiger partial charge is 0.254 e. The first-order valence-electron chi connectivity index (χ1n) is 11.7. The number of rotatable bonds is 4. The number of primary amides is 2. The number of carbonyl (C=O) groups excluding carboxylic acids is 2. The first-order chi connectivity index (χ1) is 16.8. The number of nitrogens with two attached hydrogens (primary N) is 2. The topological polar surface area (TPSA) is 129 Å². The van der Waals surface area contributed by atoms with Gasteiger partial charge < -0.3 is 16.8 Å². The fourth-order valence-corrected chi connectivity index (χ4v) is 5.82. The fourth-order valence-electron chi connectivity index (χ4n) is 5.82. The van der Waals surface area contributed by atoms with Crippen molar-refractivity contribution in [1.82, 2.24) is 14.8 Å². The molecule has 8 heteroatoms. The first-order valence-corrected chi connectivity index (χ1v) is 11.7. The number of benzene rings is 2. The van der Waals surface area contributed by atoms with Crippen LogP contribution >= 0.6 is 0 Å². The number of pyridine rings is 1. The average molecular weight is 467 g/mol. The van der Waals surface area contributed by atoms with Crippen LogP contribution in [0.1, 0.15) is 36.5 Å². The van der Waals surface area contributed by atoms with E-state index in [1.165, 1.54) is 0 Å². The number of hydrogen-bond donors (Lipinski definition) is 3. The Morgan fingerprint density at radius 3 is 2.46 bits per heavy atom. The van der Waals surface area contributed by atoms with E-state index in [1.807, 2.05) is 72.3 Å². The van der Waals surface area contributed by atoms with Gasteiger partial charge in [-0.15, -0.1) is 0 Å². The molecule has 35 heavy (non-hydrogen) atoms. The van der Waals surface area contributed by atoms with Crippen LogP contribution in [-0.2, 0) is 10.3 Å². The predicted octanol–water partition coefficient (Wildman–Crippen LogP) is 3.66. The Morgan fingerprint density at radius 2 is 1.74 bits per heavy atom. The lowest BCUT2D eigenvalue weighted by atomic mass is 9.56. The second-order valence-electron chi connectivity index (χ2n) is 10.00. The number of aromatic nitrogens is 3. The molecule has 0 radical (unpaired) electrons. The summed E-state index contributed by atoms with van der Waals surface area (Å²) >= 11 is 0. The Morgan fingerprint density at radius 1 is 1.00 bits per heavy atom. The van der Waals surface area contributed by atoms with Gasteiger partial charge >= 0.3 is 0 Å². The van der Waals surface area contributed by atoms with E-state index in [4.69, 9.17) is 21.5 Å². The Kier molecular flexibility index (Phi) is 4.51. The number of fused-ring (bicyclic) bond motifs is 3. The molecule has 176 valence electrons.